The van der Waals surface area contributed by atoms with E-state index in [2.05, 4.69) is 12.2 Å². The van der Waals surface area contributed by atoms with Gasteiger partial charge in [-0.25, -0.2) is 12.7 Å². The quantitative estimate of drug-likeness (QED) is 0.660. The highest BCUT2D eigenvalue weighted by Crippen LogP contribution is 2.12. The summed E-state index contributed by atoms with van der Waals surface area (Å²) in [6.45, 7) is 4.98. The number of sulfonamides is 1. The monoisotopic (exact) mass is 220 g/mol. The van der Waals surface area contributed by atoms with Crippen molar-refractivity contribution in [3.05, 3.63) is 0 Å². The molecule has 0 bridgehead atoms. The smallest absolute Gasteiger partial charge is 0.215 e. The highest BCUT2D eigenvalue weighted by molar-refractivity contribution is 7.89. The van der Waals surface area contributed by atoms with E-state index in [1.54, 1.807) is 4.31 Å². The van der Waals surface area contributed by atoms with E-state index in [9.17, 15) is 8.42 Å². The van der Waals surface area contributed by atoms with Gasteiger partial charge < -0.3 is 5.32 Å². The summed E-state index contributed by atoms with van der Waals surface area (Å²) in [6.07, 6.45) is 3.08. The molecule has 0 aromatic rings. The van der Waals surface area contributed by atoms with Crippen molar-refractivity contribution in [2.75, 3.05) is 31.9 Å². The van der Waals surface area contributed by atoms with Crippen LogP contribution in [-0.4, -0.2) is 44.7 Å². The van der Waals surface area contributed by atoms with Gasteiger partial charge in [-0.1, -0.05) is 6.92 Å². The third-order valence-corrected chi connectivity index (χ3v) is 4.29. The molecule has 14 heavy (non-hydrogen) atoms. The Morgan fingerprint density at radius 3 is 2.43 bits per heavy atom. The molecule has 0 aliphatic carbocycles. The van der Waals surface area contributed by atoms with E-state index < -0.39 is 10.0 Å². The van der Waals surface area contributed by atoms with E-state index in [1.807, 2.05) is 0 Å². The van der Waals surface area contributed by atoms with Gasteiger partial charge in [0.1, 0.15) is 0 Å². The molecular formula is C9H20N2O2S. The normalized spacial score (nSPS) is 18.9. The fourth-order valence-electron chi connectivity index (χ4n) is 1.60. The first-order valence-corrected chi connectivity index (χ1v) is 6.96. The summed E-state index contributed by atoms with van der Waals surface area (Å²) in [5, 5.41) is 3.11. The summed E-state index contributed by atoms with van der Waals surface area (Å²) < 4.78 is 25.0. The minimum absolute atomic E-state index is 0.243. The molecule has 1 fully saturated rings. The topological polar surface area (TPSA) is 49.4 Å². The van der Waals surface area contributed by atoms with Gasteiger partial charge in [0.15, 0.2) is 0 Å². The fraction of sp³-hybridized carbons (Fsp3) is 1.00. The third-order valence-electron chi connectivity index (χ3n) is 2.42. The van der Waals surface area contributed by atoms with Crippen LogP contribution < -0.4 is 5.32 Å². The summed E-state index contributed by atoms with van der Waals surface area (Å²) in [5.41, 5.74) is 0. The molecule has 0 amide bonds. The molecule has 0 aromatic heterocycles. The van der Waals surface area contributed by atoms with Gasteiger partial charge in [-0.3, -0.25) is 0 Å². The molecule has 0 spiro atoms. The van der Waals surface area contributed by atoms with Gasteiger partial charge in [0.05, 0.1) is 5.75 Å². The zero-order valence-electron chi connectivity index (χ0n) is 8.83. The van der Waals surface area contributed by atoms with Crippen molar-refractivity contribution in [3.63, 3.8) is 0 Å². The lowest BCUT2D eigenvalue weighted by molar-refractivity contribution is 0.475. The lowest BCUT2D eigenvalue weighted by Gasteiger charge is -2.15. The van der Waals surface area contributed by atoms with Crippen LogP contribution in [0.4, 0.5) is 0 Å². The van der Waals surface area contributed by atoms with E-state index in [0.717, 1.165) is 38.9 Å². The molecule has 0 radical (unpaired) electrons. The molecular weight excluding hydrogens is 200 g/mol. The second kappa shape index (κ2) is 5.68. The van der Waals surface area contributed by atoms with E-state index in [4.69, 9.17) is 0 Å². The van der Waals surface area contributed by atoms with Crippen molar-refractivity contribution >= 4 is 10.0 Å². The van der Waals surface area contributed by atoms with Gasteiger partial charge in [0.2, 0.25) is 10.0 Å². The molecule has 0 atom stereocenters. The van der Waals surface area contributed by atoms with E-state index in [-0.39, 0.29) is 5.75 Å². The second-order valence-electron chi connectivity index (χ2n) is 3.67. The molecule has 1 saturated heterocycles. The van der Waals surface area contributed by atoms with Crippen LogP contribution in [0.5, 0.6) is 0 Å². The first-order valence-electron chi connectivity index (χ1n) is 5.35. The predicted molar refractivity (Wildman–Crippen MR) is 57.8 cm³/mol. The molecule has 5 heteroatoms. The molecule has 0 saturated carbocycles. The Balaban J connectivity index is 2.26. The zero-order chi connectivity index (χ0) is 10.4. The van der Waals surface area contributed by atoms with E-state index in [1.165, 1.54) is 0 Å². The number of hydrogen-bond donors (Lipinski definition) is 1. The maximum atomic E-state index is 11.7. The van der Waals surface area contributed by atoms with Crippen LogP contribution in [0.15, 0.2) is 0 Å². The molecule has 1 aliphatic heterocycles. The summed E-state index contributed by atoms with van der Waals surface area (Å²) in [4.78, 5) is 0. The minimum atomic E-state index is -2.97. The van der Waals surface area contributed by atoms with Crippen molar-refractivity contribution in [1.29, 1.82) is 0 Å². The lowest BCUT2D eigenvalue weighted by Crippen LogP contribution is -2.34. The fourth-order valence-corrected chi connectivity index (χ4v) is 3.07. The number of rotatable bonds is 6. The molecule has 0 unspecified atom stereocenters. The number of hydrogen-bond acceptors (Lipinski definition) is 3. The Morgan fingerprint density at radius 1 is 1.21 bits per heavy atom. The first-order chi connectivity index (χ1) is 6.67. The van der Waals surface area contributed by atoms with Crippen molar-refractivity contribution in [1.82, 2.24) is 9.62 Å². The number of nitrogens with one attached hydrogen (secondary N) is 1. The van der Waals surface area contributed by atoms with Crippen LogP contribution in [0.25, 0.3) is 0 Å². The van der Waals surface area contributed by atoms with Crippen molar-refractivity contribution < 1.29 is 8.42 Å². The Kier molecular flexibility index (Phi) is 4.84. The Labute approximate surface area is 86.7 Å². The van der Waals surface area contributed by atoms with Crippen LogP contribution in [0.2, 0.25) is 0 Å². The average Bonchev–Trinajstić information content (AvgIpc) is 2.65. The van der Waals surface area contributed by atoms with Crippen molar-refractivity contribution in [3.8, 4) is 0 Å². The molecule has 0 aromatic carbocycles. The van der Waals surface area contributed by atoms with Crippen molar-refractivity contribution in [2.45, 2.75) is 26.2 Å². The molecule has 1 rings (SSSR count). The molecule has 1 N–H and O–H groups in total. The van der Waals surface area contributed by atoms with Crippen LogP contribution in [0.1, 0.15) is 26.2 Å². The molecule has 4 nitrogen and oxygen atoms in total. The van der Waals surface area contributed by atoms with Gasteiger partial charge in [0, 0.05) is 19.6 Å². The SMILES string of the molecule is CCCNCCS(=O)(=O)N1CCCC1. The standard InChI is InChI=1S/C9H20N2O2S/c1-2-5-10-6-9-14(12,13)11-7-3-4-8-11/h10H,2-9H2,1H3. The average molecular weight is 220 g/mol. The highest BCUT2D eigenvalue weighted by atomic mass is 32.2. The Morgan fingerprint density at radius 2 is 1.86 bits per heavy atom. The minimum Gasteiger partial charge on any atom is -0.316 e. The van der Waals surface area contributed by atoms with Crippen LogP contribution in [-0.2, 0) is 10.0 Å². The molecule has 1 aliphatic rings. The lowest BCUT2D eigenvalue weighted by atomic mass is 10.4. The predicted octanol–water partition coefficient (Wildman–Crippen LogP) is 0.412. The Bertz CT molecular complexity index is 246. The van der Waals surface area contributed by atoms with Gasteiger partial charge >= 0.3 is 0 Å². The largest absolute Gasteiger partial charge is 0.316 e. The first kappa shape index (κ1) is 11.9. The van der Waals surface area contributed by atoms with Gasteiger partial charge in [-0.15, -0.1) is 0 Å². The van der Waals surface area contributed by atoms with Crippen molar-refractivity contribution in [2.24, 2.45) is 0 Å². The Hall–Kier alpha value is -0.130. The summed E-state index contributed by atoms with van der Waals surface area (Å²) >= 11 is 0. The molecule has 84 valence electrons. The molecule has 1 heterocycles. The highest BCUT2D eigenvalue weighted by Gasteiger charge is 2.24. The van der Waals surface area contributed by atoms with Gasteiger partial charge in [-0.2, -0.15) is 0 Å². The number of nitrogens with zero attached hydrogens (tertiary/aromatic N) is 1. The van der Waals surface area contributed by atoms with E-state index in [0.29, 0.717) is 6.54 Å². The maximum absolute atomic E-state index is 11.7. The zero-order valence-corrected chi connectivity index (χ0v) is 9.65. The second-order valence-corrected chi connectivity index (χ2v) is 5.76. The maximum Gasteiger partial charge on any atom is 0.215 e. The summed E-state index contributed by atoms with van der Waals surface area (Å²) in [6, 6.07) is 0. The van der Waals surface area contributed by atoms with Crippen LogP contribution in [0.3, 0.4) is 0 Å². The van der Waals surface area contributed by atoms with E-state index >= 15 is 0 Å². The summed E-state index contributed by atoms with van der Waals surface area (Å²) in [5.74, 6) is 0.243. The van der Waals surface area contributed by atoms with Gasteiger partial charge in [-0.05, 0) is 25.8 Å². The third kappa shape index (κ3) is 3.55. The summed E-state index contributed by atoms with van der Waals surface area (Å²) in [7, 11) is -2.97. The van der Waals surface area contributed by atoms with Crippen LogP contribution >= 0.6 is 0 Å². The van der Waals surface area contributed by atoms with Crippen LogP contribution in [0, 0.1) is 0 Å². The van der Waals surface area contributed by atoms with Gasteiger partial charge in [0.25, 0.3) is 0 Å².